The number of H-pyrrole nitrogens is 2. The Balaban J connectivity index is 0. The first-order valence-corrected chi connectivity index (χ1v) is 30.9. The van der Waals surface area contributed by atoms with Gasteiger partial charge in [0, 0.05) is 49.9 Å². The van der Waals surface area contributed by atoms with Gasteiger partial charge in [-0.15, -0.1) is 0 Å². The molecule has 10 N–H and O–H groups in total. The van der Waals surface area contributed by atoms with Crippen LogP contribution in [0.3, 0.4) is 0 Å². The van der Waals surface area contributed by atoms with E-state index in [9.17, 15) is 39.0 Å². The molecule has 20 unspecified atom stereocenters. The summed E-state index contributed by atoms with van der Waals surface area (Å²) in [4.78, 5) is 75.2. The minimum absolute atomic E-state index is 0. The second kappa shape index (κ2) is 39.5. The summed E-state index contributed by atoms with van der Waals surface area (Å²) < 4.78 is 36.3. The Morgan fingerprint density at radius 1 is 0.622 bits per heavy atom. The van der Waals surface area contributed by atoms with Crippen LogP contribution in [0.25, 0.3) is 0 Å². The summed E-state index contributed by atoms with van der Waals surface area (Å²) in [7, 11) is 0. The van der Waals surface area contributed by atoms with E-state index >= 15 is 0 Å². The maximum atomic E-state index is 13.2. The van der Waals surface area contributed by atoms with Gasteiger partial charge in [0.05, 0.1) is 25.4 Å². The van der Waals surface area contributed by atoms with Gasteiger partial charge in [-0.3, -0.25) is 33.5 Å². The predicted octanol–water partition coefficient (Wildman–Crippen LogP) is 8.26. The van der Waals surface area contributed by atoms with Crippen molar-refractivity contribution < 1.29 is 79.8 Å². The predicted molar refractivity (Wildman–Crippen MR) is 314 cm³/mol. The molecular weight excluding hydrogens is 1130 g/mol. The summed E-state index contributed by atoms with van der Waals surface area (Å²) >= 11 is 3.12. The zero-order valence-electron chi connectivity index (χ0n) is 52.9. The number of aliphatic hydroxyl groups is 2. The fraction of sp³-hybridized carbons (Fsp3) is 0.831. The number of aryl methyl sites for hydroxylation is 2. The number of nitrogens with one attached hydrogen (secondary N) is 5. The van der Waals surface area contributed by atoms with Gasteiger partial charge in [-0.2, -0.15) is 0 Å². The Morgan fingerprint density at radius 2 is 0.976 bits per heavy atom. The molecular formula is C59H110N8O13V2. The van der Waals surface area contributed by atoms with Crippen molar-refractivity contribution in [3.05, 3.63) is 65.2 Å². The molecule has 20 atom stereocenters. The number of nitrogens with zero attached hydrogens (tertiary/aromatic N) is 2. The van der Waals surface area contributed by atoms with Gasteiger partial charge in [-0.25, -0.2) is 14.4 Å². The molecule has 2 saturated heterocycles. The van der Waals surface area contributed by atoms with Gasteiger partial charge in [0.25, 0.3) is 11.1 Å². The van der Waals surface area contributed by atoms with E-state index < -0.39 is 71.9 Å². The van der Waals surface area contributed by atoms with Crippen molar-refractivity contribution in [1.29, 1.82) is 8.42 Å². The first-order chi connectivity index (χ1) is 38.4. The number of rotatable bonds is 27. The number of hydrogen-bond donors (Lipinski definition) is 9. The van der Waals surface area contributed by atoms with Crippen LogP contribution in [0.5, 0.6) is 0 Å². The van der Waals surface area contributed by atoms with Gasteiger partial charge < -0.3 is 45.3 Å². The van der Waals surface area contributed by atoms with Crippen LogP contribution in [0.2, 0.25) is 0 Å². The molecule has 23 heteroatoms. The van der Waals surface area contributed by atoms with Gasteiger partial charge in [0.2, 0.25) is 5.91 Å². The quantitative estimate of drug-likeness (QED) is 0.0407. The second-order valence-corrected chi connectivity index (χ2v) is 23.9. The van der Waals surface area contributed by atoms with E-state index in [0.29, 0.717) is 70.4 Å². The van der Waals surface area contributed by atoms with Crippen LogP contribution in [0, 0.1) is 99.2 Å². The number of carbonyl (C=O) groups is 2. The zero-order chi connectivity index (χ0) is 63.6. The Hall–Kier alpha value is -3.21. The van der Waals surface area contributed by atoms with Crippen molar-refractivity contribution in [3.63, 3.8) is 0 Å². The molecule has 474 valence electrons. The minimum atomic E-state index is -1.13. The number of nitrogens with two attached hydrogens (primary N) is 1. The van der Waals surface area contributed by atoms with E-state index in [0.717, 1.165) is 30.6 Å². The molecule has 21 nitrogen and oxygen atoms in total. The Labute approximate surface area is 508 Å². The maximum absolute atomic E-state index is 13.2. The Morgan fingerprint density at radius 3 is 1.33 bits per heavy atom. The van der Waals surface area contributed by atoms with E-state index in [2.05, 4.69) is 133 Å². The van der Waals surface area contributed by atoms with Crippen LogP contribution in [0.15, 0.2) is 31.6 Å². The summed E-state index contributed by atoms with van der Waals surface area (Å²) in [6.45, 7) is 40.9. The van der Waals surface area contributed by atoms with Crippen LogP contribution < -0.4 is 33.5 Å². The number of ether oxygens (including phenoxy) is 4. The molecule has 4 rings (SSSR count). The van der Waals surface area contributed by atoms with Crippen LogP contribution >= 0.6 is 0 Å². The zero-order valence-corrected chi connectivity index (χ0v) is 55.7. The first kappa shape index (κ1) is 78.8. The van der Waals surface area contributed by atoms with Crippen LogP contribution in [-0.2, 0) is 63.0 Å². The third kappa shape index (κ3) is 23.6. The molecule has 0 spiro atoms. The molecule has 0 aromatic carbocycles. The van der Waals surface area contributed by atoms with Gasteiger partial charge >= 0.3 is 60.2 Å². The molecule has 2 aliphatic heterocycles. The van der Waals surface area contributed by atoms with Crippen LogP contribution in [0.1, 0.15) is 175 Å². The summed E-state index contributed by atoms with van der Waals surface area (Å²) in [6, 6.07) is 0.324. The number of carbonyl (C=O) groups excluding carboxylic acids is 1. The SMILES string of the molecule is CCC(C)C(C)C(C)C(C)C(N)C(C)C(C)C(C)C.CCC(C)C(C)C(C)C(C)C(NC(=O)COC1CC(n2cc(C)c(=O)[nH]c2=O)OC1CO)C(C)C(C)CC.Cc1cn(C2CC(OCC(=O)O)C(CO)O2)c(=O)[nH]c1=O.[3HH].[NH]=[V].[NH]=[V]. The second-order valence-electron chi connectivity index (χ2n) is 23.9. The third-order valence-electron chi connectivity index (χ3n) is 19.0. The standard InChI is InChI=1S/C29H51N3O6.C18H39N.C12H16N2O7.2HN.2V.H2/c1-10-16(3)19(6)21(8)22(9)27(20(7)17(4)11-2)30-25(34)15-37-23-12-26(38-24(23)14-33)32-13-18(5)28(35)31-29(32)36;1-10-12(4)14(6)15(7)17(9)18(19)16(8)13(5)11(2)3;1-6-3-14(12(19)13-11(6)18)9-2-7(8(4-15)21-9)20-5-10(16)17;;;;;/h13,16-17,19-24,26-27,33H,10-12,14-15H2,1-9H3,(H,30,34)(H,31,35,36);11-18H,10,19H2,1-9H3;3,7-9,15H,2,4-5H2,1H3,(H,16,17)(H,13,18,19);2*1H;;;1H/i;;;;;;;1+2. The molecule has 0 bridgehead atoms. The number of aromatic amines is 2. The summed E-state index contributed by atoms with van der Waals surface area (Å²) in [5.41, 5.74) is 5.15. The molecule has 2 aliphatic rings. The average molecular weight is 1240 g/mol. The normalized spacial score (nSPS) is 23.7. The molecule has 2 aromatic heterocycles. The van der Waals surface area contributed by atoms with Crippen molar-refractivity contribution in [3.8, 4) is 0 Å². The van der Waals surface area contributed by atoms with E-state index in [-0.39, 0.29) is 52.0 Å². The number of aliphatic hydroxyl groups excluding tert-OH is 2. The number of aliphatic carboxylic acids is 1. The van der Waals surface area contributed by atoms with Crippen molar-refractivity contribution in [2.75, 3.05) is 26.4 Å². The van der Waals surface area contributed by atoms with Crippen molar-refractivity contribution in [2.24, 2.45) is 82.7 Å². The number of carboxylic acids is 1. The van der Waals surface area contributed by atoms with E-state index in [4.69, 9.17) is 38.2 Å². The number of aromatic nitrogens is 4. The summed E-state index contributed by atoms with van der Waals surface area (Å²) in [5, 5.41) is 31.0. The van der Waals surface area contributed by atoms with Gasteiger partial charge in [-0.05, 0) is 90.8 Å². The first-order valence-electron chi connectivity index (χ1n) is 29.5. The molecule has 82 heavy (non-hydrogen) atoms. The molecule has 4 heterocycles. The van der Waals surface area contributed by atoms with Crippen LogP contribution in [-0.4, -0.2) is 109 Å². The topological polar surface area (TPSA) is 327 Å². The van der Waals surface area contributed by atoms with Gasteiger partial charge in [0.15, 0.2) is 0 Å². The van der Waals surface area contributed by atoms with Gasteiger partial charge in [-0.1, -0.05) is 137 Å². The van der Waals surface area contributed by atoms with Crippen LogP contribution in [0.4, 0.5) is 0 Å². The van der Waals surface area contributed by atoms with E-state index in [1.54, 1.807) is 48.3 Å². The molecule has 0 saturated carbocycles. The summed E-state index contributed by atoms with van der Waals surface area (Å²) in [5.74, 6) is 6.15. The van der Waals surface area contributed by atoms with Crippen molar-refractivity contribution >= 4 is 11.9 Å². The van der Waals surface area contributed by atoms with Gasteiger partial charge in [0.1, 0.15) is 37.9 Å². The molecule has 2 aromatic rings. The fourth-order valence-electron chi connectivity index (χ4n) is 10.9. The van der Waals surface area contributed by atoms with E-state index in [1.165, 1.54) is 27.9 Å². The molecule has 2 fully saturated rings. The molecule has 1 amide bonds. The fourth-order valence-corrected chi connectivity index (χ4v) is 10.9. The number of amides is 1. The Kier molecular flexibility index (Phi) is 37.9. The van der Waals surface area contributed by atoms with Crippen molar-refractivity contribution in [2.45, 2.75) is 213 Å². The molecule has 0 aliphatic carbocycles. The molecule has 0 radical (unpaired) electrons. The van der Waals surface area contributed by atoms with Crippen molar-refractivity contribution in [1.82, 2.24) is 24.4 Å². The number of carboxylic acid groups (broad SMARTS) is 1. The summed E-state index contributed by atoms with van der Waals surface area (Å²) in [6.07, 6.45) is 2.65. The third-order valence-corrected chi connectivity index (χ3v) is 19.0. The number of hydrogen-bond acceptors (Lipinski definition) is 15. The Bertz CT molecular complexity index is 2410. The monoisotopic (exact) mass is 1240 g/mol. The van der Waals surface area contributed by atoms with E-state index in [1.807, 2.05) is 0 Å². The average Bonchev–Trinajstić information content (AvgIpc) is 4.26.